The first kappa shape index (κ1) is 18.5. The maximum Gasteiger partial charge on any atom is 0.161 e. The van der Waals surface area contributed by atoms with Crippen molar-refractivity contribution in [1.29, 1.82) is 0 Å². The van der Waals surface area contributed by atoms with E-state index >= 15 is 0 Å². The summed E-state index contributed by atoms with van der Waals surface area (Å²) >= 11 is 0. The normalized spacial score (nSPS) is 10.7. The molecule has 0 radical (unpaired) electrons. The molecular weight excluding hydrogens is 336 g/mol. The van der Waals surface area contributed by atoms with Gasteiger partial charge < -0.3 is 14.9 Å². The van der Waals surface area contributed by atoms with Crippen LogP contribution < -0.4 is 14.9 Å². The lowest BCUT2D eigenvalue weighted by Gasteiger charge is -2.11. The monoisotopic (exact) mass is 360 g/mol. The van der Waals surface area contributed by atoms with E-state index in [1.54, 1.807) is 13.3 Å². The molecule has 0 heterocycles. The van der Waals surface area contributed by atoms with E-state index < -0.39 is 0 Å². The lowest BCUT2D eigenvalue weighted by atomic mass is 10.2. The number of aryl methyl sites for hydroxylation is 1. The topological polar surface area (TPSA) is 42.8 Å². The molecule has 1 N–H and O–H groups in total. The van der Waals surface area contributed by atoms with Crippen molar-refractivity contribution >= 4 is 6.21 Å². The highest BCUT2D eigenvalue weighted by atomic mass is 16.5. The molecule has 0 amide bonds. The van der Waals surface area contributed by atoms with E-state index in [1.807, 2.05) is 36.4 Å². The third kappa shape index (κ3) is 5.61. The predicted molar refractivity (Wildman–Crippen MR) is 109 cm³/mol. The number of benzene rings is 3. The standard InChI is InChI=1S/C23H24N2O2/c1-18-8-10-20(11-9-18)17-27-22-13-12-21(14-23(22)26-2)16-25-24-15-19-6-4-3-5-7-19/h3-14,16,24H,15,17H2,1-2H3. The van der Waals surface area contributed by atoms with Crippen molar-refractivity contribution in [3.63, 3.8) is 0 Å². The number of hydrogen-bond donors (Lipinski definition) is 1. The van der Waals surface area contributed by atoms with Crippen molar-refractivity contribution in [3.05, 3.63) is 95.1 Å². The number of nitrogens with one attached hydrogen (secondary N) is 1. The fourth-order valence-corrected chi connectivity index (χ4v) is 2.58. The van der Waals surface area contributed by atoms with Gasteiger partial charge in [0, 0.05) is 0 Å². The van der Waals surface area contributed by atoms with Crippen LogP contribution in [0.3, 0.4) is 0 Å². The average Bonchev–Trinajstić information content (AvgIpc) is 2.72. The van der Waals surface area contributed by atoms with Gasteiger partial charge in [-0.2, -0.15) is 5.10 Å². The van der Waals surface area contributed by atoms with Gasteiger partial charge in [-0.1, -0.05) is 60.2 Å². The van der Waals surface area contributed by atoms with Gasteiger partial charge in [0.2, 0.25) is 0 Å². The SMILES string of the molecule is COc1cc(C=NNCc2ccccc2)ccc1OCc1ccc(C)cc1. The largest absolute Gasteiger partial charge is 0.493 e. The Morgan fingerprint density at radius 3 is 2.41 bits per heavy atom. The van der Waals surface area contributed by atoms with Crippen LogP contribution in [-0.2, 0) is 13.2 Å². The van der Waals surface area contributed by atoms with Crippen LogP contribution in [0.4, 0.5) is 0 Å². The van der Waals surface area contributed by atoms with Crippen LogP contribution in [0, 0.1) is 6.92 Å². The molecule has 0 aliphatic rings. The first-order chi connectivity index (χ1) is 13.2. The van der Waals surface area contributed by atoms with Crippen molar-refractivity contribution in [2.24, 2.45) is 5.10 Å². The Kier molecular flexibility index (Phi) is 6.47. The summed E-state index contributed by atoms with van der Waals surface area (Å²) in [6.07, 6.45) is 1.77. The molecule has 3 rings (SSSR count). The van der Waals surface area contributed by atoms with Crippen LogP contribution >= 0.6 is 0 Å². The molecule has 3 aromatic rings. The second-order valence-electron chi connectivity index (χ2n) is 6.26. The Labute approximate surface area is 160 Å². The smallest absolute Gasteiger partial charge is 0.161 e. The van der Waals surface area contributed by atoms with Gasteiger partial charge in [-0.15, -0.1) is 0 Å². The lowest BCUT2D eigenvalue weighted by molar-refractivity contribution is 0.284. The minimum Gasteiger partial charge on any atom is -0.493 e. The van der Waals surface area contributed by atoms with E-state index in [-0.39, 0.29) is 0 Å². The maximum absolute atomic E-state index is 5.91. The van der Waals surface area contributed by atoms with Crippen LogP contribution in [-0.4, -0.2) is 13.3 Å². The van der Waals surface area contributed by atoms with E-state index in [1.165, 1.54) is 11.1 Å². The predicted octanol–water partition coefficient (Wildman–Crippen LogP) is 4.71. The van der Waals surface area contributed by atoms with Gasteiger partial charge >= 0.3 is 0 Å². The molecule has 0 saturated carbocycles. The summed E-state index contributed by atoms with van der Waals surface area (Å²) in [5.41, 5.74) is 7.54. The molecule has 0 atom stereocenters. The molecule has 0 aromatic heterocycles. The summed E-state index contributed by atoms with van der Waals surface area (Å²) < 4.78 is 11.4. The summed E-state index contributed by atoms with van der Waals surface area (Å²) in [4.78, 5) is 0. The Morgan fingerprint density at radius 1 is 0.889 bits per heavy atom. The summed E-state index contributed by atoms with van der Waals surface area (Å²) in [5, 5.41) is 4.27. The summed E-state index contributed by atoms with van der Waals surface area (Å²) in [7, 11) is 1.64. The zero-order valence-corrected chi connectivity index (χ0v) is 15.7. The Morgan fingerprint density at radius 2 is 1.67 bits per heavy atom. The summed E-state index contributed by atoms with van der Waals surface area (Å²) in [6, 6.07) is 24.2. The maximum atomic E-state index is 5.91. The van der Waals surface area contributed by atoms with Gasteiger partial charge in [-0.3, -0.25) is 0 Å². The zero-order valence-electron chi connectivity index (χ0n) is 15.7. The third-order valence-corrected chi connectivity index (χ3v) is 4.13. The minimum atomic E-state index is 0.503. The Bertz CT molecular complexity index is 875. The summed E-state index contributed by atoms with van der Waals surface area (Å²) in [6.45, 7) is 3.26. The van der Waals surface area contributed by atoms with Crippen molar-refractivity contribution in [1.82, 2.24) is 5.43 Å². The van der Waals surface area contributed by atoms with Gasteiger partial charge in [0.15, 0.2) is 11.5 Å². The van der Waals surface area contributed by atoms with Gasteiger partial charge in [0.25, 0.3) is 0 Å². The minimum absolute atomic E-state index is 0.503. The quantitative estimate of drug-likeness (QED) is 0.467. The van der Waals surface area contributed by atoms with Crippen molar-refractivity contribution in [2.75, 3.05) is 7.11 Å². The van der Waals surface area contributed by atoms with E-state index in [2.05, 4.69) is 53.8 Å². The first-order valence-corrected chi connectivity index (χ1v) is 8.91. The molecule has 3 aromatic carbocycles. The number of hydrogen-bond acceptors (Lipinski definition) is 4. The first-order valence-electron chi connectivity index (χ1n) is 8.91. The number of hydrazone groups is 1. The molecule has 0 aliphatic carbocycles. The second-order valence-corrected chi connectivity index (χ2v) is 6.26. The van der Waals surface area contributed by atoms with Crippen LogP contribution in [0.25, 0.3) is 0 Å². The molecule has 27 heavy (non-hydrogen) atoms. The number of rotatable bonds is 8. The van der Waals surface area contributed by atoms with E-state index in [4.69, 9.17) is 9.47 Å². The van der Waals surface area contributed by atoms with Crippen LogP contribution in [0.1, 0.15) is 22.3 Å². The molecular formula is C23H24N2O2. The van der Waals surface area contributed by atoms with E-state index in [9.17, 15) is 0 Å². The highest BCUT2D eigenvalue weighted by Crippen LogP contribution is 2.28. The molecule has 0 bridgehead atoms. The van der Waals surface area contributed by atoms with E-state index in [0.29, 0.717) is 24.7 Å². The molecule has 0 saturated heterocycles. The van der Waals surface area contributed by atoms with Gasteiger partial charge in [0.1, 0.15) is 6.61 Å². The number of ether oxygens (including phenoxy) is 2. The Hall–Kier alpha value is -3.27. The molecule has 0 spiro atoms. The summed E-state index contributed by atoms with van der Waals surface area (Å²) in [5.74, 6) is 1.40. The highest BCUT2D eigenvalue weighted by molar-refractivity contribution is 5.80. The van der Waals surface area contributed by atoms with Crippen molar-refractivity contribution in [3.8, 4) is 11.5 Å². The van der Waals surface area contributed by atoms with Gasteiger partial charge in [-0.05, 0) is 41.8 Å². The van der Waals surface area contributed by atoms with Crippen LogP contribution in [0.5, 0.6) is 11.5 Å². The fraction of sp³-hybridized carbons (Fsp3) is 0.174. The lowest BCUT2D eigenvalue weighted by Crippen LogP contribution is -2.05. The van der Waals surface area contributed by atoms with Crippen LogP contribution in [0.2, 0.25) is 0 Å². The number of nitrogens with zero attached hydrogens (tertiary/aromatic N) is 1. The van der Waals surface area contributed by atoms with Gasteiger partial charge in [-0.25, -0.2) is 0 Å². The van der Waals surface area contributed by atoms with Crippen LogP contribution in [0.15, 0.2) is 77.9 Å². The number of methoxy groups -OCH3 is 1. The average molecular weight is 360 g/mol. The molecule has 4 nitrogen and oxygen atoms in total. The third-order valence-electron chi connectivity index (χ3n) is 4.13. The molecule has 0 unspecified atom stereocenters. The zero-order chi connectivity index (χ0) is 18.9. The Balaban J connectivity index is 1.58. The molecule has 4 heteroatoms. The second kappa shape index (κ2) is 9.43. The molecule has 0 aliphatic heterocycles. The fourth-order valence-electron chi connectivity index (χ4n) is 2.58. The van der Waals surface area contributed by atoms with Gasteiger partial charge in [0.05, 0.1) is 19.9 Å². The van der Waals surface area contributed by atoms with Crippen molar-refractivity contribution in [2.45, 2.75) is 20.1 Å². The molecule has 138 valence electrons. The highest BCUT2D eigenvalue weighted by Gasteiger charge is 2.05. The van der Waals surface area contributed by atoms with E-state index in [0.717, 1.165) is 11.1 Å². The van der Waals surface area contributed by atoms with Crippen molar-refractivity contribution < 1.29 is 9.47 Å². The molecule has 0 fully saturated rings.